The molecule has 0 aromatic rings. The van der Waals surface area contributed by atoms with E-state index in [4.69, 9.17) is 0 Å². The van der Waals surface area contributed by atoms with Crippen molar-refractivity contribution in [2.45, 2.75) is 63.5 Å². The molecule has 0 aromatic carbocycles. The molecule has 0 unspecified atom stereocenters. The van der Waals surface area contributed by atoms with Gasteiger partial charge in [0, 0.05) is 12.6 Å². The molecule has 1 aliphatic carbocycles. The van der Waals surface area contributed by atoms with Gasteiger partial charge in [-0.25, -0.2) is 13.2 Å². The molecule has 1 aliphatic heterocycles. The predicted molar refractivity (Wildman–Crippen MR) is 87.8 cm³/mol. The van der Waals surface area contributed by atoms with E-state index in [1.54, 1.807) is 0 Å². The monoisotopic (exact) mass is 345 g/mol. The van der Waals surface area contributed by atoms with Crippen LogP contribution in [-0.2, 0) is 14.6 Å². The average Bonchev–Trinajstić information content (AvgIpc) is 3.07. The number of rotatable bonds is 6. The third-order valence-corrected chi connectivity index (χ3v) is 6.40. The first-order chi connectivity index (χ1) is 10.9. The van der Waals surface area contributed by atoms with Crippen LogP contribution in [0.25, 0.3) is 0 Å². The Morgan fingerprint density at radius 3 is 2.48 bits per heavy atom. The average molecular weight is 345 g/mol. The van der Waals surface area contributed by atoms with E-state index in [9.17, 15) is 18.0 Å². The highest BCUT2D eigenvalue weighted by Gasteiger charge is 2.44. The maximum Gasteiger partial charge on any atom is 0.315 e. The normalized spacial score (nSPS) is 25.0. The Hall–Kier alpha value is -1.31. The minimum absolute atomic E-state index is 0.00246. The molecule has 0 aromatic heterocycles. The lowest BCUT2D eigenvalue weighted by Crippen LogP contribution is -2.60. The second kappa shape index (κ2) is 7.51. The molecule has 2 rings (SSSR count). The number of unbranched alkanes of at least 4 members (excludes halogenated alkanes) is 1. The summed E-state index contributed by atoms with van der Waals surface area (Å²) in [6.07, 6.45) is 5.29. The Morgan fingerprint density at radius 2 is 1.91 bits per heavy atom. The van der Waals surface area contributed by atoms with Crippen LogP contribution >= 0.6 is 0 Å². The smallest absolute Gasteiger partial charge is 0.315 e. The summed E-state index contributed by atoms with van der Waals surface area (Å²) in [7, 11) is -3.04. The Kier molecular flexibility index (Phi) is 5.89. The molecule has 3 amide bonds. The lowest BCUT2D eigenvalue weighted by Gasteiger charge is -2.30. The number of hydrogen-bond acceptors (Lipinski definition) is 4. The molecular formula is C15H27N3O4S. The van der Waals surface area contributed by atoms with Crippen LogP contribution in [0.3, 0.4) is 0 Å². The van der Waals surface area contributed by atoms with Crippen molar-refractivity contribution in [1.29, 1.82) is 0 Å². The highest BCUT2D eigenvalue weighted by Crippen LogP contribution is 2.30. The highest BCUT2D eigenvalue weighted by molar-refractivity contribution is 7.91. The van der Waals surface area contributed by atoms with Gasteiger partial charge in [-0.2, -0.15) is 0 Å². The summed E-state index contributed by atoms with van der Waals surface area (Å²) in [6.45, 7) is 2.63. The van der Waals surface area contributed by atoms with Crippen LogP contribution in [0, 0.1) is 0 Å². The van der Waals surface area contributed by atoms with E-state index in [1.807, 2.05) is 6.92 Å². The maximum absolute atomic E-state index is 12.7. The van der Waals surface area contributed by atoms with E-state index in [-0.39, 0.29) is 29.5 Å². The van der Waals surface area contributed by atoms with Gasteiger partial charge in [0.25, 0.3) is 0 Å². The minimum Gasteiger partial charge on any atom is -0.350 e. The van der Waals surface area contributed by atoms with Crippen molar-refractivity contribution < 1.29 is 18.0 Å². The van der Waals surface area contributed by atoms with Gasteiger partial charge < -0.3 is 16.0 Å². The van der Waals surface area contributed by atoms with Crippen LogP contribution in [0.1, 0.15) is 51.9 Å². The third-order valence-electron chi connectivity index (χ3n) is 4.63. The molecule has 7 nitrogen and oxygen atoms in total. The zero-order chi connectivity index (χ0) is 16.9. The number of carbonyl (C=O) groups excluding carboxylic acids is 2. The lowest BCUT2D eigenvalue weighted by molar-refractivity contribution is -0.127. The summed E-state index contributed by atoms with van der Waals surface area (Å²) in [5.41, 5.74) is -0.900. The number of carbonyl (C=O) groups is 2. The number of hydrogen-bond donors (Lipinski definition) is 3. The van der Waals surface area contributed by atoms with Crippen molar-refractivity contribution in [1.82, 2.24) is 16.0 Å². The summed E-state index contributed by atoms with van der Waals surface area (Å²) in [5, 5.41) is 8.43. The Labute approximate surface area is 137 Å². The zero-order valence-electron chi connectivity index (χ0n) is 13.7. The number of urea groups is 1. The molecule has 23 heavy (non-hydrogen) atoms. The summed E-state index contributed by atoms with van der Waals surface area (Å²) in [4.78, 5) is 24.7. The third kappa shape index (κ3) is 4.83. The van der Waals surface area contributed by atoms with Crippen molar-refractivity contribution in [2.75, 3.05) is 18.1 Å². The first-order valence-electron chi connectivity index (χ1n) is 8.44. The number of amides is 3. The Bertz CT molecular complexity index is 541. The fraction of sp³-hybridized carbons (Fsp3) is 0.867. The van der Waals surface area contributed by atoms with Gasteiger partial charge in [-0.05, 0) is 25.7 Å². The van der Waals surface area contributed by atoms with Gasteiger partial charge >= 0.3 is 6.03 Å². The maximum atomic E-state index is 12.7. The van der Waals surface area contributed by atoms with Gasteiger partial charge in [-0.15, -0.1) is 0 Å². The van der Waals surface area contributed by atoms with Crippen LogP contribution in [0.5, 0.6) is 0 Å². The molecule has 132 valence electrons. The van der Waals surface area contributed by atoms with Crippen molar-refractivity contribution in [3.05, 3.63) is 0 Å². The van der Waals surface area contributed by atoms with Crippen molar-refractivity contribution in [2.24, 2.45) is 0 Å². The Balaban J connectivity index is 1.94. The number of nitrogens with one attached hydrogen (secondary N) is 3. The second-order valence-electron chi connectivity index (χ2n) is 6.60. The van der Waals surface area contributed by atoms with Crippen LogP contribution in [0.4, 0.5) is 4.79 Å². The van der Waals surface area contributed by atoms with Gasteiger partial charge in [0.05, 0.1) is 11.5 Å². The topological polar surface area (TPSA) is 104 Å². The lowest BCUT2D eigenvalue weighted by atomic mass is 9.96. The van der Waals surface area contributed by atoms with Crippen LogP contribution in [-0.4, -0.2) is 50.0 Å². The fourth-order valence-corrected chi connectivity index (χ4v) is 4.93. The molecule has 2 fully saturated rings. The number of sulfone groups is 1. The second-order valence-corrected chi connectivity index (χ2v) is 8.83. The van der Waals surface area contributed by atoms with E-state index >= 15 is 0 Å². The first-order valence-corrected chi connectivity index (χ1v) is 10.3. The molecule has 8 heteroatoms. The molecule has 0 bridgehead atoms. The molecule has 1 heterocycles. The summed E-state index contributed by atoms with van der Waals surface area (Å²) < 4.78 is 23.0. The summed E-state index contributed by atoms with van der Waals surface area (Å²) in [5.74, 6) is -0.129. The van der Waals surface area contributed by atoms with Crippen molar-refractivity contribution in [3.8, 4) is 0 Å². The van der Waals surface area contributed by atoms with E-state index in [0.29, 0.717) is 25.8 Å². The molecule has 1 saturated carbocycles. The summed E-state index contributed by atoms with van der Waals surface area (Å²) >= 11 is 0. The van der Waals surface area contributed by atoms with Crippen LogP contribution in [0.2, 0.25) is 0 Å². The van der Waals surface area contributed by atoms with E-state index in [2.05, 4.69) is 16.0 Å². The van der Waals surface area contributed by atoms with Crippen LogP contribution < -0.4 is 16.0 Å². The van der Waals surface area contributed by atoms with Crippen LogP contribution in [0.15, 0.2) is 0 Å². The molecule has 3 N–H and O–H groups in total. The van der Waals surface area contributed by atoms with E-state index in [1.165, 1.54) is 0 Å². The van der Waals surface area contributed by atoms with E-state index < -0.39 is 15.4 Å². The molecule has 1 saturated heterocycles. The van der Waals surface area contributed by atoms with Gasteiger partial charge in [0.15, 0.2) is 9.84 Å². The predicted octanol–water partition coefficient (Wildman–Crippen LogP) is 0.702. The Morgan fingerprint density at radius 1 is 1.22 bits per heavy atom. The van der Waals surface area contributed by atoms with Gasteiger partial charge in [-0.1, -0.05) is 26.2 Å². The van der Waals surface area contributed by atoms with Crippen molar-refractivity contribution >= 4 is 21.8 Å². The molecule has 1 atom stereocenters. The first kappa shape index (κ1) is 18.0. The molecular weight excluding hydrogens is 318 g/mol. The molecule has 0 radical (unpaired) electrons. The largest absolute Gasteiger partial charge is 0.350 e. The highest BCUT2D eigenvalue weighted by atomic mass is 32.2. The summed E-state index contributed by atoms with van der Waals surface area (Å²) in [6, 6.07) is -0.663. The fourth-order valence-electron chi connectivity index (χ4n) is 3.26. The van der Waals surface area contributed by atoms with Gasteiger partial charge in [-0.3, -0.25) is 4.79 Å². The quantitative estimate of drug-likeness (QED) is 0.616. The molecule has 0 spiro atoms. The zero-order valence-corrected chi connectivity index (χ0v) is 14.5. The van der Waals surface area contributed by atoms with Crippen molar-refractivity contribution in [3.63, 3.8) is 0 Å². The van der Waals surface area contributed by atoms with Gasteiger partial charge in [0.2, 0.25) is 5.91 Å². The van der Waals surface area contributed by atoms with E-state index in [0.717, 1.165) is 25.7 Å². The molecule has 2 aliphatic rings. The SMILES string of the molecule is CCCCNC(=O)NC1(C(=O)N[C@@H]2CCS(=O)(=O)C2)CCCC1. The minimum atomic E-state index is -3.04. The van der Waals surface area contributed by atoms with Gasteiger partial charge in [0.1, 0.15) is 5.54 Å². The standard InChI is InChI=1S/C15H27N3O4S/c1-2-3-9-16-14(20)18-15(7-4-5-8-15)13(19)17-12-6-10-23(21,22)11-12/h12H,2-11H2,1H3,(H,17,19)(H2,16,18,20)/t12-/m1/s1.